The number of aryl methyl sites for hydroxylation is 2. The molecule has 0 radical (unpaired) electrons. The minimum absolute atomic E-state index is 0.192. The summed E-state index contributed by atoms with van der Waals surface area (Å²) in [6.45, 7) is 0.711. The van der Waals surface area contributed by atoms with Gasteiger partial charge in [-0.25, -0.2) is 4.39 Å². The summed E-state index contributed by atoms with van der Waals surface area (Å²) < 4.78 is 55.3. The molecular weight excluding hydrogens is 528 g/mol. The van der Waals surface area contributed by atoms with Gasteiger partial charge in [0.05, 0.1) is 0 Å². The average Bonchev–Trinajstić information content (AvgIpc) is 2.97. The number of hydrogen-bond donors (Lipinski definition) is 0. The monoisotopic (exact) mass is 555 g/mol. The highest BCUT2D eigenvalue weighted by Crippen LogP contribution is 2.44. The third-order valence-corrected chi connectivity index (χ3v) is 7.87. The van der Waals surface area contributed by atoms with Crippen molar-refractivity contribution in [3.05, 3.63) is 137 Å². The zero-order valence-corrected chi connectivity index (χ0v) is 22.3. The second-order valence-corrected chi connectivity index (χ2v) is 10.4. The van der Waals surface area contributed by atoms with Crippen LogP contribution >= 0.6 is 0 Å². The quantitative estimate of drug-likeness (QED) is 0.119. The molecule has 0 saturated carbocycles. The molecule has 1 aromatic heterocycles. The van der Waals surface area contributed by atoms with E-state index < -0.39 is 7.25 Å². The van der Waals surface area contributed by atoms with Crippen LogP contribution in [0.15, 0.2) is 103 Å². The van der Waals surface area contributed by atoms with Gasteiger partial charge in [0.2, 0.25) is 11.4 Å². The highest BCUT2D eigenvalue weighted by Gasteiger charge is 2.37. The molecule has 7 heteroatoms. The van der Waals surface area contributed by atoms with Gasteiger partial charge < -0.3 is 17.3 Å². The zero-order valence-electron chi connectivity index (χ0n) is 22.3. The van der Waals surface area contributed by atoms with Crippen LogP contribution in [-0.2, 0) is 32.2 Å². The molecule has 0 fully saturated rings. The first-order valence-corrected chi connectivity index (χ1v) is 13.7. The van der Waals surface area contributed by atoms with E-state index in [4.69, 9.17) is 0 Å². The van der Waals surface area contributed by atoms with E-state index in [1.807, 2.05) is 12.1 Å². The van der Waals surface area contributed by atoms with Crippen LogP contribution in [0.4, 0.5) is 21.7 Å². The van der Waals surface area contributed by atoms with Gasteiger partial charge in [0, 0.05) is 33.4 Å². The van der Waals surface area contributed by atoms with Gasteiger partial charge in [-0.3, -0.25) is 0 Å². The van der Waals surface area contributed by atoms with E-state index in [-0.39, 0.29) is 5.82 Å². The Bertz CT molecular complexity index is 1630. The lowest BCUT2D eigenvalue weighted by Gasteiger charge is -2.28. The van der Waals surface area contributed by atoms with Crippen molar-refractivity contribution in [2.75, 3.05) is 0 Å². The molecule has 7 rings (SSSR count). The SMILES string of the molecule is F[B-](F)(F)F.Fc1ccc(C[n+]2c3c(c(-c4ccccc4)c4c2-c2ccccc2CC4)CCc2ccccc2-3)cc1. The summed E-state index contributed by atoms with van der Waals surface area (Å²) in [5.74, 6) is -0.192. The van der Waals surface area contributed by atoms with Gasteiger partial charge in [-0.05, 0) is 78.8 Å². The minimum atomic E-state index is -6.00. The Labute approximate surface area is 236 Å². The molecule has 0 unspecified atom stereocenters. The molecule has 0 N–H and O–H groups in total. The maximum Gasteiger partial charge on any atom is 0.673 e. The molecule has 0 amide bonds. The summed E-state index contributed by atoms with van der Waals surface area (Å²) in [5.41, 5.74) is 14.8. The molecular formula is C34H27BF5N. The Morgan fingerprint density at radius 1 is 0.561 bits per heavy atom. The van der Waals surface area contributed by atoms with Crippen molar-refractivity contribution >= 4 is 7.25 Å². The first-order chi connectivity index (χ1) is 19.8. The van der Waals surface area contributed by atoms with Crippen molar-refractivity contribution in [2.24, 2.45) is 0 Å². The van der Waals surface area contributed by atoms with Crippen molar-refractivity contribution in [2.45, 2.75) is 32.2 Å². The smallest absolute Gasteiger partial charge is 0.418 e. The van der Waals surface area contributed by atoms with Crippen LogP contribution < -0.4 is 4.57 Å². The van der Waals surface area contributed by atoms with Crippen molar-refractivity contribution in [3.8, 4) is 33.6 Å². The first-order valence-electron chi connectivity index (χ1n) is 13.7. The number of aromatic nitrogens is 1. The summed E-state index contributed by atoms with van der Waals surface area (Å²) >= 11 is 0. The summed E-state index contributed by atoms with van der Waals surface area (Å²) in [7, 11) is -6.00. The predicted molar refractivity (Wildman–Crippen MR) is 153 cm³/mol. The second kappa shape index (κ2) is 11.0. The third-order valence-electron chi connectivity index (χ3n) is 7.87. The van der Waals surface area contributed by atoms with Gasteiger partial charge in [-0.2, -0.15) is 4.57 Å². The number of nitrogens with zero attached hydrogens (tertiary/aromatic N) is 1. The summed E-state index contributed by atoms with van der Waals surface area (Å²) in [4.78, 5) is 0. The van der Waals surface area contributed by atoms with Crippen molar-refractivity contribution in [1.29, 1.82) is 0 Å². The topological polar surface area (TPSA) is 3.88 Å². The van der Waals surface area contributed by atoms with Crippen LogP contribution in [0, 0.1) is 5.82 Å². The summed E-state index contributed by atoms with van der Waals surface area (Å²) in [5, 5.41) is 0. The van der Waals surface area contributed by atoms with E-state index in [0.717, 1.165) is 31.2 Å². The molecule has 41 heavy (non-hydrogen) atoms. The lowest BCUT2D eigenvalue weighted by molar-refractivity contribution is -0.667. The highest BCUT2D eigenvalue weighted by molar-refractivity contribution is 6.50. The largest absolute Gasteiger partial charge is 0.673 e. The van der Waals surface area contributed by atoms with Crippen molar-refractivity contribution in [1.82, 2.24) is 0 Å². The van der Waals surface area contributed by atoms with Crippen LogP contribution in [0.5, 0.6) is 0 Å². The number of halogens is 5. The Kier molecular flexibility index (Phi) is 7.20. The molecule has 0 atom stereocenters. The molecule has 206 valence electrons. The van der Waals surface area contributed by atoms with E-state index in [2.05, 4.69) is 83.4 Å². The fraction of sp³-hybridized carbons (Fsp3) is 0.147. The van der Waals surface area contributed by atoms with E-state index in [1.54, 1.807) is 12.1 Å². The molecule has 1 nitrogen and oxygen atoms in total. The second-order valence-electron chi connectivity index (χ2n) is 10.4. The van der Waals surface area contributed by atoms with Crippen molar-refractivity contribution < 1.29 is 26.2 Å². The molecule has 0 saturated heterocycles. The number of hydrogen-bond acceptors (Lipinski definition) is 0. The summed E-state index contributed by atoms with van der Waals surface area (Å²) in [6.07, 6.45) is 4.15. The Morgan fingerprint density at radius 3 is 1.54 bits per heavy atom. The molecule has 1 heterocycles. The number of rotatable bonds is 3. The van der Waals surface area contributed by atoms with E-state index in [1.165, 1.54) is 55.9 Å². The number of benzene rings is 4. The number of fused-ring (bicyclic) bond motifs is 6. The molecule has 4 aromatic carbocycles. The Hall–Kier alpha value is -4.26. The van der Waals surface area contributed by atoms with Gasteiger partial charge in [0.1, 0.15) is 5.82 Å². The molecule has 0 spiro atoms. The number of pyridine rings is 1. The highest BCUT2D eigenvalue weighted by atomic mass is 19.5. The third kappa shape index (κ3) is 5.54. The fourth-order valence-corrected chi connectivity index (χ4v) is 6.30. The normalized spacial score (nSPS) is 13.2. The van der Waals surface area contributed by atoms with Crippen LogP contribution in [-0.4, -0.2) is 7.25 Å². The van der Waals surface area contributed by atoms with Crippen LogP contribution in [0.25, 0.3) is 33.6 Å². The molecule has 5 aromatic rings. The van der Waals surface area contributed by atoms with E-state index in [0.29, 0.717) is 6.54 Å². The van der Waals surface area contributed by atoms with Crippen LogP contribution in [0.1, 0.15) is 27.8 Å². The van der Waals surface area contributed by atoms with Crippen molar-refractivity contribution in [3.63, 3.8) is 0 Å². The molecule has 0 bridgehead atoms. The first kappa shape index (κ1) is 26.9. The molecule has 2 aliphatic rings. The van der Waals surface area contributed by atoms with Gasteiger partial charge in [0.15, 0.2) is 6.54 Å². The minimum Gasteiger partial charge on any atom is -0.418 e. The predicted octanol–water partition coefficient (Wildman–Crippen LogP) is 8.66. The Morgan fingerprint density at radius 2 is 1.02 bits per heavy atom. The average molecular weight is 555 g/mol. The summed E-state index contributed by atoms with van der Waals surface area (Å²) in [6, 6.07) is 35.7. The van der Waals surface area contributed by atoms with Gasteiger partial charge in [0.25, 0.3) is 0 Å². The fourth-order valence-electron chi connectivity index (χ4n) is 6.30. The van der Waals surface area contributed by atoms with Crippen LogP contribution in [0.3, 0.4) is 0 Å². The van der Waals surface area contributed by atoms with Gasteiger partial charge >= 0.3 is 7.25 Å². The maximum atomic E-state index is 13.8. The zero-order chi connectivity index (χ0) is 28.6. The van der Waals surface area contributed by atoms with E-state index >= 15 is 0 Å². The van der Waals surface area contributed by atoms with Gasteiger partial charge in [-0.1, -0.05) is 66.7 Å². The van der Waals surface area contributed by atoms with Gasteiger partial charge in [-0.15, -0.1) is 0 Å². The lowest BCUT2D eigenvalue weighted by Crippen LogP contribution is -2.44. The van der Waals surface area contributed by atoms with Crippen LogP contribution in [0.2, 0.25) is 0 Å². The molecule has 2 aliphatic carbocycles. The maximum absolute atomic E-state index is 13.8. The Balaban J connectivity index is 0.000000559. The molecule has 0 aliphatic heterocycles. The standard InChI is InChI=1S/C34H27FN.BF4/c35-27-18-14-23(15-19-27)22-36-33-28-12-6-4-8-24(28)16-20-30(33)32(26-10-2-1-3-11-26)31-21-17-25-9-5-7-13-29(25)34(31)36;2-1(3,4)5/h1-15,18-19H,16-17,20-22H2;/q+1;-1. The van der Waals surface area contributed by atoms with E-state index in [9.17, 15) is 21.7 Å². The lowest BCUT2D eigenvalue weighted by atomic mass is 9.77.